The zero-order valence-corrected chi connectivity index (χ0v) is 18.0. The van der Waals surface area contributed by atoms with E-state index in [-0.39, 0.29) is 0 Å². The van der Waals surface area contributed by atoms with Gasteiger partial charge in [0.15, 0.2) is 0 Å². The van der Waals surface area contributed by atoms with Crippen molar-refractivity contribution < 1.29 is 13.6 Å². The summed E-state index contributed by atoms with van der Waals surface area (Å²) in [6.07, 6.45) is 4.95. The molecule has 6 nitrogen and oxygen atoms in total. The SMILES string of the molecule is COP(=O)(OC)c1ccc2c(c1)N(Cc1c[n]([Tl])cn1)CC2. The van der Waals surface area contributed by atoms with Crippen LogP contribution in [0.15, 0.2) is 30.7 Å². The molecule has 0 spiro atoms. The summed E-state index contributed by atoms with van der Waals surface area (Å²) < 4.78 is 24.8. The van der Waals surface area contributed by atoms with Gasteiger partial charge in [0.05, 0.1) is 0 Å². The number of anilines is 1. The van der Waals surface area contributed by atoms with Crippen LogP contribution < -0.4 is 10.2 Å². The first-order valence-corrected chi connectivity index (χ1v) is 10.5. The summed E-state index contributed by atoms with van der Waals surface area (Å²) in [6.45, 7) is 1.71. The minimum atomic E-state index is -3.21. The van der Waals surface area contributed by atoms with Crippen molar-refractivity contribution in [1.29, 1.82) is 0 Å². The van der Waals surface area contributed by atoms with E-state index < -0.39 is 7.60 Å². The Labute approximate surface area is 146 Å². The molecule has 0 unspecified atom stereocenters. The zero-order valence-electron chi connectivity index (χ0n) is 12.6. The molecule has 1 aromatic heterocycles. The van der Waals surface area contributed by atoms with E-state index in [0.29, 0.717) is 5.30 Å². The molecule has 22 heavy (non-hydrogen) atoms. The number of fused-ring (bicyclic) bond motifs is 1. The molecule has 0 amide bonds. The van der Waals surface area contributed by atoms with Crippen LogP contribution in [0.1, 0.15) is 11.3 Å². The van der Waals surface area contributed by atoms with Crippen molar-refractivity contribution in [3.05, 3.63) is 42.0 Å². The summed E-state index contributed by atoms with van der Waals surface area (Å²) in [5.74, 6) is 0. The molecule has 2 heterocycles. The van der Waals surface area contributed by atoms with Crippen LogP contribution in [0.3, 0.4) is 0 Å². The third-order valence-electron chi connectivity index (χ3n) is 3.87. The molecule has 3 rings (SSSR count). The van der Waals surface area contributed by atoms with Crippen LogP contribution in [-0.2, 0) is 26.6 Å². The molecule has 1 aliphatic rings. The van der Waals surface area contributed by atoms with Crippen molar-refractivity contribution in [2.75, 3.05) is 25.7 Å². The maximum atomic E-state index is 12.5. The van der Waals surface area contributed by atoms with E-state index in [1.807, 2.05) is 24.5 Å². The van der Waals surface area contributed by atoms with Crippen LogP contribution in [0.2, 0.25) is 0 Å². The van der Waals surface area contributed by atoms with Gasteiger partial charge >= 0.3 is 146 Å². The number of benzene rings is 1. The fourth-order valence-corrected chi connectivity index (χ4v) is 4.75. The van der Waals surface area contributed by atoms with Gasteiger partial charge in [-0.2, -0.15) is 0 Å². The van der Waals surface area contributed by atoms with Crippen molar-refractivity contribution in [3.8, 4) is 0 Å². The molecule has 1 aliphatic heterocycles. The van der Waals surface area contributed by atoms with Crippen molar-refractivity contribution in [2.45, 2.75) is 13.0 Å². The van der Waals surface area contributed by atoms with Crippen molar-refractivity contribution in [2.24, 2.45) is 0 Å². The van der Waals surface area contributed by atoms with Gasteiger partial charge in [-0.15, -0.1) is 0 Å². The van der Waals surface area contributed by atoms with Gasteiger partial charge in [-0.1, -0.05) is 0 Å². The van der Waals surface area contributed by atoms with Crippen molar-refractivity contribution in [3.63, 3.8) is 0 Å². The molecule has 0 saturated carbocycles. The van der Waals surface area contributed by atoms with Crippen molar-refractivity contribution in [1.82, 2.24) is 7.36 Å². The molecule has 0 aliphatic carbocycles. The molecule has 0 N–H and O–H groups in total. The first kappa shape index (κ1) is 16.2. The topological polar surface area (TPSA) is 56.6 Å². The van der Waals surface area contributed by atoms with Gasteiger partial charge in [0, 0.05) is 0 Å². The fourth-order valence-electron chi connectivity index (χ4n) is 2.71. The molecule has 0 bridgehead atoms. The Bertz CT molecular complexity index is 726. The second kappa shape index (κ2) is 6.43. The first-order valence-electron chi connectivity index (χ1n) is 6.93. The van der Waals surface area contributed by atoms with Crippen LogP contribution in [0.5, 0.6) is 0 Å². The van der Waals surface area contributed by atoms with E-state index in [4.69, 9.17) is 9.05 Å². The van der Waals surface area contributed by atoms with Crippen LogP contribution in [0.25, 0.3) is 0 Å². The molecule has 0 fully saturated rings. The number of imidazole rings is 1. The van der Waals surface area contributed by atoms with Gasteiger partial charge in [0.2, 0.25) is 0 Å². The number of rotatable bonds is 5. The molecule has 1 aromatic carbocycles. The molecule has 8 heteroatoms. The number of hydrogen-bond donors (Lipinski definition) is 0. The average molecular weight is 511 g/mol. The normalized spacial score (nSPS) is 14.3. The van der Waals surface area contributed by atoms with Crippen molar-refractivity contribution >= 4 is 44.7 Å². The Balaban J connectivity index is 1.90. The van der Waals surface area contributed by atoms with Crippen LogP contribution >= 0.6 is 7.60 Å². The van der Waals surface area contributed by atoms with E-state index >= 15 is 0 Å². The van der Waals surface area contributed by atoms with Crippen LogP contribution in [-0.4, -0.2) is 54.2 Å². The Hall–Kier alpha value is -0.698. The molecule has 2 aromatic rings. The van der Waals surface area contributed by atoms with Gasteiger partial charge in [0.25, 0.3) is 0 Å². The Morgan fingerprint density at radius 2 is 2.14 bits per heavy atom. The minimum absolute atomic E-state index is 0.595. The molecular weight excluding hydrogens is 494 g/mol. The van der Waals surface area contributed by atoms with E-state index in [1.165, 1.54) is 19.8 Å². The summed E-state index contributed by atoms with van der Waals surface area (Å²) in [7, 11) is -0.389. The summed E-state index contributed by atoms with van der Waals surface area (Å²) in [5.41, 5.74) is 3.41. The fraction of sp³-hybridized carbons (Fsp3) is 0.357. The molecule has 0 saturated heterocycles. The molecular formula is C14H17N3O3PTl. The zero-order chi connectivity index (χ0) is 15.7. The average Bonchev–Trinajstić information content (AvgIpc) is 3.13. The van der Waals surface area contributed by atoms with Gasteiger partial charge < -0.3 is 0 Å². The van der Waals surface area contributed by atoms with Crippen LogP contribution in [0.4, 0.5) is 5.69 Å². The molecule has 0 atom stereocenters. The quantitative estimate of drug-likeness (QED) is 0.451. The van der Waals surface area contributed by atoms with E-state index in [1.54, 1.807) is 0 Å². The standard InChI is InChI=1S/C14H17N3O3P.Tl/c1-19-21(18,20-2)13-4-3-11-5-6-17(14(11)7-13)9-12-8-15-10-16-12;/h3-4,7-8,10H,5-6,9H2,1-2H3;/q-1;+1. The van der Waals surface area contributed by atoms with Gasteiger partial charge in [-0.05, 0) is 0 Å². The monoisotopic (exact) mass is 511 g/mol. The van der Waals surface area contributed by atoms with Gasteiger partial charge in [0.1, 0.15) is 0 Å². The number of aromatic nitrogens is 2. The summed E-state index contributed by atoms with van der Waals surface area (Å²) >= 11 is 0.734. The third kappa shape index (κ3) is 3.02. The van der Waals surface area contributed by atoms with E-state index in [2.05, 4.69) is 18.5 Å². The second-order valence-corrected chi connectivity index (χ2v) is 9.72. The summed E-state index contributed by atoms with van der Waals surface area (Å²) in [4.78, 5) is 6.68. The summed E-state index contributed by atoms with van der Waals surface area (Å²) in [5, 5.41) is 0.595. The second-order valence-electron chi connectivity index (χ2n) is 5.16. The maximum absolute atomic E-state index is 12.5. The number of nitrogens with zero attached hydrogens (tertiary/aromatic N) is 3. The van der Waals surface area contributed by atoms with Crippen LogP contribution in [0, 0.1) is 0 Å². The number of hydrogen-bond acceptors (Lipinski definition) is 5. The van der Waals surface area contributed by atoms with Gasteiger partial charge in [-0.25, -0.2) is 0 Å². The Morgan fingerprint density at radius 3 is 2.77 bits per heavy atom. The predicted molar refractivity (Wildman–Crippen MR) is 85.8 cm³/mol. The summed E-state index contributed by atoms with van der Waals surface area (Å²) in [6, 6.07) is 5.78. The van der Waals surface area contributed by atoms with E-state index in [9.17, 15) is 4.57 Å². The Kier molecular flexibility index (Phi) is 4.72. The first-order chi connectivity index (χ1) is 10.6. The van der Waals surface area contributed by atoms with Gasteiger partial charge in [-0.3, -0.25) is 0 Å². The molecule has 0 radical (unpaired) electrons. The van der Waals surface area contributed by atoms with E-state index in [0.717, 1.165) is 57.0 Å². The predicted octanol–water partition coefficient (Wildman–Crippen LogP) is 1.49. The Morgan fingerprint density at radius 1 is 1.36 bits per heavy atom. The molecule has 114 valence electrons. The third-order valence-corrected chi connectivity index (χ3v) is 6.84.